The summed E-state index contributed by atoms with van der Waals surface area (Å²) in [6, 6.07) is 10.1. The van der Waals surface area contributed by atoms with Gasteiger partial charge in [-0.1, -0.05) is 24.3 Å². The van der Waals surface area contributed by atoms with E-state index in [4.69, 9.17) is 10.5 Å². The molecule has 6 nitrogen and oxygen atoms in total. The Hall–Kier alpha value is -3.09. The highest BCUT2D eigenvalue weighted by Crippen LogP contribution is 2.29. The lowest BCUT2D eigenvalue weighted by Gasteiger charge is -2.28. The molecule has 7 heteroatoms. The first kappa shape index (κ1) is 17.7. The number of carbonyl (C=O) groups excluding carboxylic acids is 2. The van der Waals surface area contributed by atoms with Gasteiger partial charge in [0.1, 0.15) is 5.75 Å². The number of nitrogens with zero attached hydrogens (tertiary/aromatic N) is 2. The van der Waals surface area contributed by atoms with E-state index in [1.165, 1.54) is 15.9 Å². The summed E-state index contributed by atoms with van der Waals surface area (Å²) in [5.41, 5.74) is 7.52. The molecule has 0 aliphatic carbocycles. The maximum atomic E-state index is 14.1. The highest BCUT2D eigenvalue weighted by atomic mass is 19.1. The highest BCUT2D eigenvalue weighted by molar-refractivity contribution is 5.79. The summed E-state index contributed by atoms with van der Waals surface area (Å²) < 4.78 is 19.5. The number of anilines is 1. The van der Waals surface area contributed by atoms with Crippen molar-refractivity contribution in [3.8, 4) is 5.75 Å². The van der Waals surface area contributed by atoms with Crippen molar-refractivity contribution in [1.29, 1.82) is 0 Å². The molecule has 2 N–H and O–H groups in total. The van der Waals surface area contributed by atoms with Crippen molar-refractivity contribution in [3.05, 3.63) is 58.9 Å². The third-order valence-corrected chi connectivity index (χ3v) is 4.27. The van der Waals surface area contributed by atoms with Crippen LogP contribution in [0.15, 0.2) is 36.4 Å². The van der Waals surface area contributed by atoms with Crippen LogP contribution < -0.4 is 10.5 Å². The van der Waals surface area contributed by atoms with Crippen LogP contribution in [-0.4, -0.2) is 35.9 Å². The molecule has 0 fully saturated rings. The Morgan fingerprint density at radius 1 is 1.31 bits per heavy atom. The van der Waals surface area contributed by atoms with E-state index < -0.39 is 11.9 Å². The largest absolute Gasteiger partial charge is 0.415 e. The normalized spacial score (nSPS) is 13.2. The lowest BCUT2D eigenvalue weighted by atomic mass is 10.1. The summed E-state index contributed by atoms with van der Waals surface area (Å²) in [4.78, 5) is 27.0. The van der Waals surface area contributed by atoms with Gasteiger partial charge in [-0.25, -0.2) is 9.18 Å². The van der Waals surface area contributed by atoms with Gasteiger partial charge in [0, 0.05) is 25.2 Å². The standard InChI is InChI=1S/C19H20FN3O3/c1-22(2)17(24)9-12-6-7-13-10-23(19(25)26-16(13)8-12)11-14-4-3-5-15(21)18(14)20/h3-8H,9-11,21H2,1-2H3. The topological polar surface area (TPSA) is 75.9 Å². The van der Waals surface area contributed by atoms with Crippen molar-refractivity contribution in [2.45, 2.75) is 19.5 Å². The van der Waals surface area contributed by atoms with E-state index in [1.807, 2.05) is 12.1 Å². The SMILES string of the molecule is CN(C)C(=O)Cc1ccc2c(c1)OC(=O)N(Cc1cccc(N)c1F)C2. The number of likely N-dealkylation sites (N-methyl/N-ethyl adjacent to an activating group) is 1. The molecule has 2 amide bonds. The molecule has 0 saturated carbocycles. The van der Waals surface area contributed by atoms with Gasteiger partial charge in [0.15, 0.2) is 5.82 Å². The second kappa shape index (κ2) is 7.03. The average Bonchev–Trinajstić information content (AvgIpc) is 2.59. The summed E-state index contributed by atoms with van der Waals surface area (Å²) in [6.45, 7) is 0.361. The first-order valence-corrected chi connectivity index (χ1v) is 8.16. The van der Waals surface area contributed by atoms with E-state index in [1.54, 1.807) is 32.3 Å². The number of nitrogens with two attached hydrogens (primary N) is 1. The van der Waals surface area contributed by atoms with Crippen LogP contribution in [-0.2, 0) is 24.3 Å². The number of fused-ring (bicyclic) bond motifs is 1. The molecule has 2 aromatic carbocycles. The van der Waals surface area contributed by atoms with E-state index in [2.05, 4.69) is 0 Å². The quantitative estimate of drug-likeness (QED) is 0.854. The molecule has 1 aliphatic rings. The van der Waals surface area contributed by atoms with Crippen LogP contribution in [0.3, 0.4) is 0 Å². The number of rotatable bonds is 4. The molecule has 0 spiro atoms. The lowest BCUT2D eigenvalue weighted by Crippen LogP contribution is -2.36. The maximum Gasteiger partial charge on any atom is 0.415 e. The van der Waals surface area contributed by atoms with Gasteiger partial charge in [-0.05, 0) is 17.7 Å². The van der Waals surface area contributed by atoms with Crippen LogP contribution in [0.4, 0.5) is 14.9 Å². The van der Waals surface area contributed by atoms with Crippen molar-refractivity contribution in [2.75, 3.05) is 19.8 Å². The Kier molecular flexibility index (Phi) is 4.79. The summed E-state index contributed by atoms with van der Waals surface area (Å²) in [6.07, 6.45) is -0.328. The van der Waals surface area contributed by atoms with Crippen molar-refractivity contribution in [2.24, 2.45) is 0 Å². The van der Waals surface area contributed by atoms with E-state index in [9.17, 15) is 14.0 Å². The molecule has 26 heavy (non-hydrogen) atoms. The van der Waals surface area contributed by atoms with Crippen molar-refractivity contribution < 1.29 is 18.7 Å². The molecule has 0 aromatic heterocycles. The molecule has 0 saturated heterocycles. The van der Waals surface area contributed by atoms with Gasteiger partial charge in [-0.2, -0.15) is 0 Å². The molecule has 136 valence electrons. The Balaban J connectivity index is 1.77. The Bertz CT molecular complexity index is 867. The van der Waals surface area contributed by atoms with Crippen LogP contribution in [0.25, 0.3) is 0 Å². The summed E-state index contributed by atoms with van der Waals surface area (Å²) >= 11 is 0. The molecule has 0 unspecified atom stereocenters. The third kappa shape index (κ3) is 3.61. The average molecular weight is 357 g/mol. The fourth-order valence-corrected chi connectivity index (χ4v) is 2.74. The monoisotopic (exact) mass is 357 g/mol. The van der Waals surface area contributed by atoms with Gasteiger partial charge in [-0.3, -0.25) is 9.69 Å². The van der Waals surface area contributed by atoms with E-state index in [0.717, 1.165) is 11.1 Å². The maximum absolute atomic E-state index is 14.1. The number of carbonyl (C=O) groups is 2. The molecule has 3 rings (SSSR count). The summed E-state index contributed by atoms with van der Waals surface area (Å²) in [7, 11) is 3.38. The lowest BCUT2D eigenvalue weighted by molar-refractivity contribution is -0.127. The minimum absolute atomic E-state index is 0.0362. The summed E-state index contributed by atoms with van der Waals surface area (Å²) in [5.74, 6) is -0.127. The number of halogens is 1. The van der Waals surface area contributed by atoms with Gasteiger partial charge in [0.2, 0.25) is 5.91 Å². The predicted molar refractivity (Wildman–Crippen MR) is 94.9 cm³/mol. The second-order valence-corrected chi connectivity index (χ2v) is 6.45. The summed E-state index contributed by atoms with van der Waals surface area (Å²) in [5, 5.41) is 0. The van der Waals surface area contributed by atoms with E-state index >= 15 is 0 Å². The number of amides is 2. The molecular formula is C19H20FN3O3. The van der Waals surface area contributed by atoms with Gasteiger partial charge in [0.25, 0.3) is 0 Å². The fraction of sp³-hybridized carbons (Fsp3) is 0.263. The van der Waals surface area contributed by atoms with Crippen molar-refractivity contribution >= 4 is 17.7 Å². The van der Waals surface area contributed by atoms with Crippen LogP contribution in [0.1, 0.15) is 16.7 Å². The molecule has 0 bridgehead atoms. The van der Waals surface area contributed by atoms with Gasteiger partial charge in [-0.15, -0.1) is 0 Å². The third-order valence-electron chi connectivity index (χ3n) is 4.27. The van der Waals surface area contributed by atoms with Gasteiger partial charge in [0.05, 0.1) is 25.2 Å². The molecule has 1 aliphatic heterocycles. The fourth-order valence-electron chi connectivity index (χ4n) is 2.74. The zero-order chi connectivity index (χ0) is 18.8. The molecule has 2 aromatic rings. The predicted octanol–water partition coefficient (Wildman–Crippen LogP) is 2.55. The van der Waals surface area contributed by atoms with E-state index in [0.29, 0.717) is 17.9 Å². The zero-order valence-corrected chi connectivity index (χ0v) is 14.7. The Morgan fingerprint density at radius 3 is 2.81 bits per heavy atom. The highest BCUT2D eigenvalue weighted by Gasteiger charge is 2.26. The molecular weight excluding hydrogens is 337 g/mol. The van der Waals surface area contributed by atoms with Gasteiger partial charge < -0.3 is 15.4 Å². The van der Waals surface area contributed by atoms with Crippen LogP contribution in [0, 0.1) is 5.82 Å². The van der Waals surface area contributed by atoms with Crippen LogP contribution >= 0.6 is 0 Å². The Labute approximate surface area is 150 Å². The number of nitrogen functional groups attached to an aromatic ring is 1. The molecule has 0 atom stereocenters. The van der Waals surface area contributed by atoms with Crippen molar-refractivity contribution in [1.82, 2.24) is 9.80 Å². The van der Waals surface area contributed by atoms with Crippen LogP contribution in [0.5, 0.6) is 5.75 Å². The number of hydrogen-bond acceptors (Lipinski definition) is 4. The van der Waals surface area contributed by atoms with E-state index in [-0.39, 0.29) is 24.6 Å². The smallest absolute Gasteiger partial charge is 0.410 e. The molecule has 0 radical (unpaired) electrons. The Morgan fingerprint density at radius 2 is 2.08 bits per heavy atom. The van der Waals surface area contributed by atoms with Crippen molar-refractivity contribution in [3.63, 3.8) is 0 Å². The second-order valence-electron chi connectivity index (χ2n) is 6.45. The number of benzene rings is 2. The minimum Gasteiger partial charge on any atom is -0.410 e. The first-order valence-electron chi connectivity index (χ1n) is 8.16. The zero-order valence-electron chi connectivity index (χ0n) is 14.7. The first-order chi connectivity index (χ1) is 12.3. The number of hydrogen-bond donors (Lipinski definition) is 1. The number of ether oxygens (including phenoxy) is 1. The van der Waals surface area contributed by atoms with Gasteiger partial charge >= 0.3 is 6.09 Å². The minimum atomic E-state index is -0.560. The van der Waals surface area contributed by atoms with Crippen LogP contribution in [0.2, 0.25) is 0 Å². The molecule has 1 heterocycles.